The zero-order chi connectivity index (χ0) is 19.4. The van der Waals surface area contributed by atoms with Crippen LogP contribution < -0.4 is 5.32 Å². The highest BCUT2D eigenvalue weighted by Gasteiger charge is 2.60. The molecule has 1 saturated heterocycles. The first-order chi connectivity index (χ1) is 13.5. The summed E-state index contributed by atoms with van der Waals surface area (Å²) in [6.45, 7) is 6.93. The van der Waals surface area contributed by atoms with Gasteiger partial charge in [0.05, 0.1) is 5.71 Å². The predicted octanol–water partition coefficient (Wildman–Crippen LogP) is 4.72. The largest absolute Gasteiger partial charge is 0.391 e. The second-order valence-corrected chi connectivity index (χ2v) is 11.0. The molecular weight excluding hydrogens is 348 g/mol. The fourth-order valence-electron chi connectivity index (χ4n) is 7.97. The minimum Gasteiger partial charge on any atom is -0.391 e. The van der Waals surface area contributed by atoms with Gasteiger partial charge in [-0.3, -0.25) is 4.79 Å². The monoisotopic (exact) mass is 386 g/mol. The highest BCUT2D eigenvalue weighted by Crippen LogP contribution is 2.65. The van der Waals surface area contributed by atoms with Gasteiger partial charge in [0.1, 0.15) is 11.9 Å². The lowest BCUT2D eigenvalue weighted by Gasteiger charge is -2.59. The van der Waals surface area contributed by atoms with E-state index >= 15 is 0 Å². The molecule has 5 aliphatic rings. The van der Waals surface area contributed by atoms with Crippen molar-refractivity contribution in [3.63, 3.8) is 0 Å². The first-order valence-corrected chi connectivity index (χ1v) is 12.0. The summed E-state index contributed by atoms with van der Waals surface area (Å²) in [7, 11) is 0. The smallest absolute Gasteiger partial charge is 0.139 e. The second-order valence-electron chi connectivity index (χ2n) is 11.0. The Labute approximate surface area is 170 Å². The first kappa shape index (κ1) is 19.1. The lowest BCUT2D eigenvalue weighted by atomic mass is 9.45. The van der Waals surface area contributed by atoms with Crippen LogP contribution in [0.4, 0.5) is 0 Å². The molecule has 156 valence electrons. The van der Waals surface area contributed by atoms with Crippen LogP contribution in [-0.2, 0) is 9.63 Å². The van der Waals surface area contributed by atoms with E-state index in [9.17, 15) is 4.79 Å². The average molecular weight is 387 g/mol. The fourth-order valence-corrected chi connectivity index (χ4v) is 7.97. The lowest BCUT2D eigenvalue weighted by Crippen LogP contribution is -2.53. The Kier molecular flexibility index (Phi) is 4.84. The molecule has 4 aliphatic carbocycles. The van der Waals surface area contributed by atoms with Gasteiger partial charge in [0.15, 0.2) is 0 Å². The number of Topliss-reactive ketones (excluding diaryl/α,β-unsaturated/α-hetero) is 1. The van der Waals surface area contributed by atoms with E-state index in [1.54, 1.807) is 0 Å². The van der Waals surface area contributed by atoms with Crippen LogP contribution in [-0.4, -0.2) is 30.7 Å². The topological polar surface area (TPSA) is 50.7 Å². The van der Waals surface area contributed by atoms with E-state index in [0.717, 1.165) is 69.4 Å². The number of hydrogen-bond acceptors (Lipinski definition) is 4. The molecule has 1 aliphatic heterocycles. The maximum absolute atomic E-state index is 12.6. The number of ketones is 1. The Morgan fingerprint density at radius 1 is 1.04 bits per heavy atom. The molecule has 0 aromatic carbocycles. The molecule has 5 fully saturated rings. The molecule has 0 amide bonds. The SMILES string of the molecule is C[C@]12CCC(=NOC3CCCNC3)CC1CCC1C2CC[C@]2(C)C(=O)CCC12. The molecule has 1 N–H and O–H groups in total. The number of oxime groups is 1. The van der Waals surface area contributed by atoms with Gasteiger partial charge in [-0.05, 0) is 99.8 Å². The van der Waals surface area contributed by atoms with Crippen molar-refractivity contribution in [2.45, 2.75) is 90.6 Å². The maximum atomic E-state index is 12.6. The van der Waals surface area contributed by atoms with Crippen molar-refractivity contribution in [3.8, 4) is 0 Å². The lowest BCUT2D eigenvalue weighted by molar-refractivity contribution is -0.137. The standard InChI is InChI=1S/C24H38N2O2/c1-23-11-9-17(26-28-18-4-3-13-25-15-18)14-16(23)5-6-19-20-7-8-22(27)24(20,2)12-10-21(19)23/h16,18-21,25H,3-15H2,1-2H3/t16?,18?,19?,20?,21?,23-,24-/m0/s1. The number of nitrogens with one attached hydrogen (secondary N) is 1. The van der Waals surface area contributed by atoms with Gasteiger partial charge in [0.2, 0.25) is 0 Å². The Hall–Kier alpha value is -0.900. The minimum atomic E-state index is 0.00746. The van der Waals surface area contributed by atoms with E-state index in [0.29, 0.717) is 17.1 Å². The molecule has 0 bridgehead atoms. The number of fused-ring (bicyclic) bond motifs is 5. The molecule has 0 aromatic rings. The summed E-state index contributed by atoms with van der Waals surface area (Å²) in [6.07, 6.45) is 13.2. The molecule has 5 rings (SSSR count). The molecule has 4 heteroatoms. The van der Waals surface area contributed by atoms with Gasteiger partial charge in [-0.2, -0.15) is 0 Å². The van der Waals surface area contributed by atoms with Crippen LogP contribution in [0, 0.1) is 34.5 Å². The number of carbonyl (C=O) groups is 1. The molecule has 7 atom stereocenters. The van der Waals surface area contributed by atoms with Crippen molar-refractivity contribution in [1.82, 2.24) is 5.32 Å². The van der Waals surface area contributed by atoms with Crippen LogP contribution in [0.1, 0.15) is 84.5 Å². The zero-order valence-corrected chi connectivity index (χ0v) is 17.8. The fraction of sp³-hybridized carbons (Fsp3) is 0.917. The Morgan fingerprint density at radius 2 is 1.93 bits per heavy atom. The van der Waals surface area contributed by atoms with Crippen molar-refractivity contribution in [1.29, 1.82) is 0 Å². The molecule has 4 nitrogen and oxygen atoms in total. The zero-order valence-electron chi connectivity index (χ0n) is 17.8. The van der Waals surface area contributed by atoms with Crippen molar-refractivity contribution < 1.29 is 9.63 Å². The van der Waals surface area contributed by atoms with Gasteiger partial charge in [-0.15, -0.1) is 0 Å². The van der Waals surface area contributed by atoms with E-state index in [1.165, 1.54) is 37.8 Å². The summed E-state index contributed by atoms with van der Waals surface area (Å²) in [6, 6.07) is 0. The summed E-state index contributed by atoms with van der Waals surface area (Å²) in [5.74, 6) is 3.59. The van der Waals surface area contributed by atoms with Crippen LogP contribution in [0.15, 0.2) is 5.16 Å². The van der Waals surface area contributed by atoms with Crippen molar-refractivity contribution in [2.75, 3.05) is 13.1 Å². The van der Waals surface area contributed by atoms with Crippen molar-refractivity contribution in [3.05, 3.63) is 0 Å². The van der Waals surface area contributed by atoms with Gasteiger partial charge in [-0.1, -0.05) is 19.0 Å². The highest BCUT2D eigenvalue weighted by atomic mass is 16.6. The minimum absolute atomic E-state index is 0.00746. The predicted molar refractivity (Wildman–Crippen MR) is 111 cm³/mol. The van der Waals surface area contributed by atoms with Gasteiger partial charge in [0, 0.05) is 18.4 Å². The summed E-state index contributed by atoms with van der Waals surface area (Å²) >= 11 is 0. The van der Waals surface area contributed by atoms with Crippen LogP contribution in [0.5, 0.6) is 0 Å². The molecule has 5 unspecified atom stereocenters. The van der Waals surface area contributed by atoms with E-state index in [2.05, 4.69) is 24.3 Å². The third kappa shape index (κ3) is 2.97. The molecule has 1 heterocycles. The maximum Gasteiger partial charge on any atom is 0.139 e. The van der Waals surface area contributed by atoms with Gasteiger partial charge in [0.25, 0.3) is 0 Å². The van der Waals surface area contributed by atoms with Gasteiger partial charge in [-0.25, -0.2) is 0 Å². The normalized spacial score (nSPS) is 50.0. The number of piperidine rings is 1. The van der Waals surface area contributed by atoms with Crippen molar-refractivity contribution >= 4 is 11.5 Å². The number of carbonyl (C=O) groups excluding carboxylic acids is 1. The Balaban J connectivity index is 1.28. The van der Waals surface area contributed by atoms with Crippen LogP contribution >= 0.6 is 0 Å². The van der Waals surface area contributed by atoms with Crippen LogP contribution in [0.2, 0.25) is 0 Å². The van der Waals surface area contributed by atoms with E-state index < -0.39 is 0 Å². The molecule has 4 saturated carbocycles. The molecular formula is C24H38N2O2. The summed E-state index contributed by atoms with van der Waals surface area (Å²) in [4.78, 5) is 18.5. The molecule has 0 radical (unpaired) electrons. The van der Waals surface area contributed by atoms with E-state index in [-0.39, 0.29) is 11.5 Å². The molecule has 0 spiro atoms. The third-order valence-electron chi connectivity index (χ3n) is 9.79. The van der Waals surface area contributed by atoms with Crippen LogP contribution in [0.3, 0.4) is 0 Å². The number of hydrogen-bond donors (Lipinski definition) is 1. The van der Waals surface area contributed by atoms with E-state index in [1.807, 2.05) is 0 Å². The van der Waals surface area contributed by atoms with Crippen LogP contribution in [0.25, 0.3) is 0 Å². The first-order valence-electron chi connectivity index (χ1n) is 12.0. The van der Waals surface area contributed by atoms with E-state index in [4.69, 9.17) is 4.84 Å². The molecule has 28 heavy (non-hydrogen) atoms. The second kappa shape index (κ2) is 7.11. The third-order valence-corrected chi connectivity index (χ3v) is 9.79. The highest BCUT2D eigenvalue weighted by molar-refractivity contribution is 5.87. The molecule has 0 aromatic heterocycles. The summed E-state index contributed by atoms with van der Waals surface area (Å²) in [5, 5.41) is 8.05. The summed E-state index contributed by atoms with van der Waals surface area (Å²) in [5.41, 5.74) is 1.76. The average Bonchev–Trinajstić information content (AvgIpc) is 3.02. The Bertz CT molecular complexity index is 655. The van der Waals surface area contributed by atoms with Gasteiger partial charge >= 0.3 is 0 Å². The number of rotatable bonds is 2. The quantitative estimate of drug-likeness (QED) is 0.699. The Morgan fingerprint density at radius 3 is 2.75 bits per heavy atom. The van der Waals surface area contributed by atoms with Crippen molar-refractivity contribution in [2.24, 2.45) is 39.7 Å². The summed E-state index contributed by atoms with van der Waals surface area (Å²) < 4.78 is 0. The van der Waals surface area contributed by atoms with Gasteiger partial charge < -0.3 is 10.2 Å². The number of nitrogens with zero attached hydrogens (tertiary/aromatic N) is 1.